The summed E-state index contributed by atoms with van der Waals surface area (Å²) in [6.07, 6.45) is 0. The van der Waals surface area contributed by atoms with Crippen molar-refractivity contribution in [1.29, 1.82) is 0 Å². The predicted molar refractivity (Wildman–Crippen MR) is 76.2 cm³/mol. The third-order valence-electron chi connectivity index (χ3n) is 2.72. The molecule has 0 saturated carbocycles. The number of hydrogen-bond donors (Lipinski definition) is 1. The fourth-order valence-corrected chi connectivity index (χ4v) is 2.19. The predicted octanol–water partition coefficient (Wildman–Crippen LogP) is 1.75. The smallest absolute Gasteiger partial charge is 0.301 e. The van der Waals surface area contributed by atoms with Gasteiger partial charge in [0.25, 0.3) is 0 Å². The van der Waals surface area contributed by atoms with Gasteiger partial charge in [-0.15, -0.1) is 0 Å². The minimum Gasteiger partial charge on any atom is -0.372 e. The van der Waals surface area contributed by atoms with E-state index >= 15 is 0 Å². The molecule has 0 aliphatic heterocycles. The number of anilines is 2. The van der Waals surface area contributed by atoms with Gasteiger partial charge in [0.05, 0.1) is 0 Å². The van der Waals surface area contributed by atoms with Crippen molar-refractivity contribution < 1.29 is 8.42 Å². The highest BCUT2D eigenvalue weighted by molar-refractivity contribution is 7.90. The molecule has 5 nitrogen and oxygen atoms in total. The standard InChI is InChI=1S/C12H21N3O2S/c1-5-15(6-2)12-9-7-11(8-10-12)13-18(16,17)14(3)4/h7-10,13H,5-6H2,1-4H3. The zero-order valence-corrected chi connectivity index (χ0v) is 12.2. The molecule has 0 atom stereocenters. The van der Waals surface area contributed by atoms with Gasteiger partial charge < -0.3 is 4.90 Å². The van der Waals surface area contributed by atoms with Crippen LogP contribution in [0.1, 0.15) is 13.8 Å². The van der Waals surface area contributed by atoms with Crippen molar-refractivity contribution in [2.24, 2.45) is 0 Å². The Morgan fingerprint density at radius 1 is 1.06 bits per heavy atom. The summed E-state index contributed by atoms with van der Waals surface area (Å²) in [5, 5.41) is 0. The summed E-state index contributed by atoms with van der Waals surface area (Å²) in [6, 6.07) is 7.38. The van der Waals surface area contributed by atoms with Gasteiger partial charge in [0.15, 0.2) is 0 Å². The molecule has 0 spiro atoms. The third kappa shape index (κ3) is 3.61. The zero-order chi connectivity index (χ0) is 13.8. The van der Waals surface area contributed by atoms with Crippen molar-refractivity contribution in [3.05, 3.63) is 24.3 Å². The molecule has 18 heavy (non-hydrogen) atoms. The molecule has 0 heterocycles. The summed E-state index contributed by atoms with van der Waals surface area (Å²) < 4.78 is 26.9. The largest absolute Gasteiger partial charge is 0.372 e. The summed E-state index contributed by atoms with van der Waals surface area (Å²) in [5.41, 5.74) is 1.66. The molecule has 1 rings (SSSR count). The average molecular weight is 271 g/mol. The molecule has 0 fully saturated rings. The lowest BCUT2D eigenvalue weighted by atomic mass is 10.2. The van der Waals surface area contributed by atoms with E-state index < -0.39 is 10.2 Å². The monoisotopic (exact) mass is 271 g/mol. The van der Waals surface area contributed by atoms with E-state index in [0.717, 1.165) is 23.1 Å². The van der Waals surface area contributed by atoms with Gasteiger partial charge in [0.2, 0.25) is 0 Å². The van der Waals surface area contributed by atoms with Crippen LogP contribution in [0, 0.1) is 0 Å². The Kier molecular flexibility index (Phi) is 4.98. The molecule has 0 radical (unpaired) electrons. The maximum atomic E-state index is 11.6. The molecule has 0 unspecified atom stereocenters. The van der Waals surface area contributed by atoms with E-state index in [1.54, 1.807) is 12.1 Å². The van der Waals surface area contributed by atoms with Crippen molar-refractivity contribution >= 4 is 21.6 Å². The van der Waals surface area contributed by atoms with Gasteiger partial charge in [0, 0.05) is 38.6 Å². The molecule has 0 amide bonds. The molecule has 6 heteroatoms. The van der Waals surface area contributed by atoms with Crippen molar-refractivity contribution in [3.8, 4) is 0 Å². The quantitative estimate of drug-likeness (QED) is 0.857. The molecule has 1 aromatic rings. The normalized spacial score (nSPS) is 11.6. The minimum atomic E-state index is -3.43. The number of benzene rings is 1. The maximum Gasteiger partial charge on any atom is 0.301 e. The van der Waals surface area contributed by atoms with Crippen LogP contribution in [-0.2, 0) is 10.2 Å². The molecule has 0 aliphatic carbocycles. The molecule has 0 bridgehead atoms. The number of nitrogens with one attached hydrogen (secondary N) is 1. The summed E-state index contributed by atoms with van der Waals surface area (Å²) in [5.74, 6) is 0. The lowest BCUT2D eigenvalue weighted by Gasteiger charge is -2.21. The van der Waals surface area contributed by atoms with Crippen molar-refractivity contribution in [1.82, 2.24) is 4.31 Å². The van der Waals surface area contributed by atoms with Gasteiger partial charge in [-0.3, -0.25) is 4.72 Å². The summed E-state index contributed by atoms with van der Waals surface area (Å²) in [7, 11) is -0.440. The van der Waals surface area contributed by atoms with E-state index in [-0.39, 0.29) is 0 Å². The van der Waals surface area contributed by atoms with E-state index in [2.05, 4.69) is 23.5 Å². The molecule has 102 valence electrons. The first kappa shape index (κ1) is 14.8. The third-order valence-corrected chi connectivity index (χ3v) is 4.18. The SMILES string of the molecule is CCN(CC)c1ccc(NS(=O)(=O)N(C)C)cc1. The molecule has 0 aromatic heterocycles. The first-order valence-corrected chi connectivity index (χ1v) is 7.40. The first-order chi connectivity index (χ1) is 8.40. The number of nitrogens with zero attached hydrogens (tertiary/aromatic N) is 2. The number of hydrogen-bond acceptors (Lipinski definition) is 3. The van der Waals surface area contributed by atoms with Crippen molar-refractivity contribution in [3.63, 3.8) is 0 Å². The van der Waals surface area contributed by atoms with E-state index in [0.29, 0.717) is 5.69 Å². The Morgan fingerprint density at radius 3 is 1.94 bits per heavy atom. The zero-order valence-electron chi connectivity index (χ0n) is 11.3. The molecule has 0 saturated heterocycles. The second-order valence-corrected chi connectivity index (χ2v) is 5.99. The lowest BCUT2D eigenvalue weighted by molar-refractivity contribution is 0.527. The van der Waals surface area contributed by atoms with Crippen molar-refractivity contribution in [2.45, 2.75) is 13.8 Å². The topological polar surface area (TPSA) is 52.7 Å². The van der Waals surface area contributed by atoms with Gasteiger partial charge >= 0.3 is 10.2 Å². The first-order valence-electron chi connectivity index (χ1n) is 5.96. The van der Waals surface area contributed by atoms with Crippen LogP contribution in [0.2, 0.25) is 0 Å². The van der Waals surface area contributed by atoms with Gasteiger partial charge in [-0.05, 0) is 38.1 Å². The fraction of sp³-hybridized carbons (Fsp3) is 0.500. The Balaban J connectivity index is 2.84. The molecular weight excluding hydrogens is 250 g/mol. The Labute approximate surface area is 110 Å². The Hall–Kier alpha value is -1.27. The highest BCUT2D eigenvalue weighted by atomic mass is 32.2. The number of rotatable bonds is 6. The van der Waals surface area contributed by atoms with E-state index in [1.165, 1.54) is 14.1 Å². The summed E-state index contributed by atoms with van der Waals surface area (Å²) in [6.45, 7) is 6.04. The second-order valence-electron chi connectivity index (χ2n) is 4.11. The van der Waals surface area contributed by atoms with Crippen molar-refractivity contribution in [2.75, 3.05) is 36.8 Å². The fourth-order valence-electron chi connectivity index (χ4n) is 1.57. The van der Waals surface area contributed by atoms with Crippen LogP contribution in [-0.4, -0.2) is 39.9 Å². The highest BCUT2D eigenvalue weighted by Gasteiger charge is 2.12. The van der Waals surface area contributed by atoms with Crippen LogP contribution in [0.15, 0.2) is 24.3 Å². The van der Waals surface area contributed by atoms with Crippen LogP contribution < -0.4 is 9.62 Å². The van der Waals surface area contributed by atoms with Gasteiger partial charge in [0.1, 0.15) is 0 Å². The van der Waals surface area contributed by atoms with Crippen LogP contribution in [0.25, 0.3) is 0 Å². The molecular formula is C12H21N3O2S. The Bertz CT molecular complexity index is 465. The minimum absolute atomic E-state index is 0.569. The van der Waals surface area contributed by atoms with E-state index in [4.69, 9.17) is 0 Å². The van der Waals surface area contributed by atoms with Gasteiger partial charge in [-0.1, -0.05) is 0 Å². The van der Waals surface area contributed by atoms with Gasteiger partial charge in [-0.25, -0.2) is 0 Å². The average Bonchev–Trinajstić information content (AvgIpc) is 2.32. The summed E-state index contributed by atoms with van der Waals surface area (Å²) in [4.78, 5) is 2.20. The molecule has 0 aliphatic rings. The van der Waals surface area contributed by atoms with Crippen LogP contribution in [0.5, 0.6) is 0 Å². The molecule has 1 N–H and O–H groups in total. The summed E-state index contributed by atoms with van der Waals surface area (Å²) >= 11 is 0. The van der Waals surface area contributed by atoms with Crippen LogP contribution >= 0.6 is 0 Å². The van der Waals surface area contributed by atoms with Gasteiger partial charge in [-0.2, -0.15) is 12.7 Å². The lowest BCUT2D eigenvalue weighted by Crippen LogP contribution is -2.29. The molecule has 1 aromatic carbocycles. The highest BCUT2D eigenvalue weighted by Crippen LogP contribution is 2.18. The van der Waals surface area contributed by atoms with Crippen LogP contribution in [0.4, 0.5) is 11.4 Å². The maximum absolute atomic E-state index is 11.6. The van der Waals surface area contributed by atoms with Crippen LogP contribution in [0.3, 0.4) is 0 Å². The van der Waals surface area contributed by atoms with E-state index in [9.17, 15) is 8.42 Å². The Morgan fingerprint density at radius 2 is 1.56 bits per heavy atom. The second kappa shape index (κ2) is 6.06. The van der Waals surface area contributed by atoms with E-state index in [1.807, 2.05) is 12.1 Å².